The molecule has 0 amide bonds. The molecule has 2 aromatic heterocycles. The SMILES string of the molecule is Cn1nc(C2CCOCC2)cc1Oc1cc(F)ccc1-c1ccc(CCN)cn1. The maximum absolute atomic E-state index is 14.0. The summed E-state index contributed by atoms with van der Waals surface area (Å²) in [6.45, 7) is 2.07. The van der Waals surface area contributed by atoms with Crippen molar-refractivity contribution in [3.05, 3.63) is 59.7 Å². The van der Waals surface area contributed by atoms with Gasteiger partial charge >= 0.3 is 0 Å². The van der Waals surface area contributed by atoms with Crippen LogP contribution in [0.25, 0.3) is 11.3 Å². The van der Waals surface area contributed by atoms with Crippen molar-refractivity contribution in [2.75, 3.05) is 19.8 Å². The van der Waals surface area contributed by atoms with Gasteiger partial charge in [-0.2, -0.15) is 5.10 Å². The lowest BCUT2D eigenvalue weighted by Gasteiger charge is -2.19. The Hall–Kier alpha value is -2.77. The number of hydrogen-bond donors (Lipinski definition) is 1. The Labute approximate surface area is 169 Å². The molecule has 0 saturated carbocycles. The van der Waals surface area contributed by atoms with E-state index in [1.807, 2.05) is 25.2 Å². The predicted octanol–water partition coefficient (Wildman–Crippen LogP) is 3.81. The van der Waals surface area contributed by atoms with Gasteiger partial charge in [0.2, 0.25) is 5.88 Å². The molecule has 7 heteroatoms. The number of hydrogen-bond acceptors (Lipinski definition) is 5. The smallest absolute Gasteiger partial charge is 0.217 e. The van der Waals surface area contributed by atoms with Crippen LogP contribution in [0.15, 0.2) is 42.6 Å². The lowest BCUT2D eigenvalue weighted by Crippen LogP contribution is -2.14. The van der Waals surface area contributed by atoms with E-state index in [0.717, 1.165) is 49.3 Å². The monoisotopic (exact) mass is 396 g/mol. The molecular formula is C22H25FN4O2. The third-order valence-electron chi connectivity index (χ3n) is 5.19. The minimum absolute atomic E-state index is 0.357. The molecule has 3 aromatic rings. The normalized spacial score (nSPS) is 14.9. The van der Waals surface area contributed by atoms with Crippen LogP contribution in [0.4, 0.5) is 4.39 Å². The highest BCUT2D eigenvalue weighted by Crippen LogP contribution is 2.35. The van der Waals surface area contributed by atoms with Crippen molar-refractivity contribution in [3.8, 4) is 22.9 Å². The fraction of sp³-hybridized carbons (Fsp3) is 0.364. The molecule has 0 bridgehead atoms. The number of pyridine rings is 1. The van der Waals surface area contributed by atoms with Crippen molar-refractivity contribution >= 4 is 0 Å². The van der Waals surface area contributed by atoms with Gasteiger partial charge in [0.05, 0.1) is 11.4 Å². The van der Waals surface area contributed by atoms with E-state index in [4.69, 9.17) is 15.2 Å². The molecule has 0 atom stereocenters. The number of halogens is 1. The van der Waals surface area contributed by atoms with Crippen LogP contribution < -0.4 is 10.5 Å². The maximum Gasteiger partial charge on any atom is 0.217 e. The van der Waals surface area contributed by atoms with Gasteiger partial charge in [-0.3, -0.25) is 4.98 Å². The molecule has 0 unspecified atom stereocenters. The summed E-state index contributed by atoms with van der Waals surface area (Å²) >= 11 is 0. The van der Waals surface area contributed by atoms with Gasteiger partial charge in [0.15, 0.2) is 0 Å². The van der Waals surface area contributed by atoms with Gasteiger partial charge in [-0.25, -0.2) is 9.07 Å². The Balaban J connectivity index is 1.62. The van der Waals surface area contributed by atoms with Crippen LogP contribution in [0.5, 0.6) is 11.6 Å². The molecule has 1 aliphatic rings. The first kappa shape index (κ1) is 19.5. The molecule has 29 heavy (non-hydrogen) atoms. The van der Waals surface area contributed by atoms with E-state index in [1.165, 1.54) is 12.1 Å². The molecule has 6 nitrogen and oxygen atoms in total. The van der Waals surface area contributed by atoms with Crippen LogP contribution in [0.1, 0.15) is 30.0 Å². The second kappa shape index (κ2) is 8.71. The van der Waals surface area contributed by atoms with E-state index in [9.17, 15) is 4.39 Å². The second-order valence-electron chi connectivity index (χ2n) is 7.25. The number of aromatic nitrogens is 3. The highest BCUT2D eigenvalue weighted by Gasteiger charge is 2.21. The summed E-state index contributed by atoms with van der Waals surface area (Å²) in [5.74, 6) is 0.968. The number of rotatable bonds is 6. The average molecular weight is 396 g/mol. The molecule has 0 radical (unpaired) electrons. The first-order chi connectivity index (χ1) is 14.1. The van der Waals surface area contributed by atoms with Crippen molar-refractivity contribution in [1.82, 2.24) is 14.8 Å². The standard InChI is InChI=1S/C22H25FN4O2/c1-27-22(13-20(26-27)16-7-10-28-11-8-16)29-21-12-17(23)3-4-18(21)19-5-2-15(6-9-24)14-25-19/h2-5,12-14,16H,6-11,24H2,1H3. The van der Waals surface area contributed by atoms with Crippen LogP contribution in [0, 0.1) is 5.82 Å². The van der Waals surface area contributed by atoms with Crippen molar-refractivity contribution in [2.45, 2.75) is 25.2 Å². The first-order valence-electron chi connectivity index (χ1n) is 9.88. The van der Waals surface area contributed by atoms with Crippen molar-refractivity contribution < 1.29 is 13.9 Å². The molecule has 4 rings (SSSR count). The number of ether oxygens (including phenoxy) is 2. The number of benzene rings is 1. The predicted molar refractivity (Wildman–Crippen MR) is 108 cm³/mol. The molecule has 3 heterocycles. The van der Waals surface area contributed by atoms with E-state index in [-0.39, 0.29) is 5.82 Å². The number of aryl methyl sites for hydroxylation is 1. The topological polar surface area (TPSA) is 75.2 Å². The quantitative estimate of drug-likeness (QED) is 0.686. The zero-order valence-corrected chi connectivity index (χ0v) is 16.5. The summed E-state index contributed by atoms with van der Waals surface area (Å²) in [5, 5.41) is 4.60. The molecule has 0 aliphatic carbocycles. The minimum atomic E-state index is -0.365. The van der Waals surface area contributed by atoms with Crippen molar-refractivity contribution in [2.24, 2.45) is 12.8 Å². The molecule has 2 N–H and O–H groups in total. The van der Waals surface area contributed by atoms with Gasteiger partial charge in [0.25, 0.3) is 0 Å². The summed E-state index contributed by atoms with van der Waals surface area (Å²) in [6, 6.07) is 10.3. The largest absolute Gasteiger partial charge is 0.438 e. The zero-order valence-electron chi connectivity index (χ0n) is 16.5. The van der Waals surface area contributed by atoms with E-state index in [2.05, 4.69) is 10.1 Å². The van der Waals surface area contributed by atoms with Gasteiger partial charge in [-0.15, -0.1) is 0 Å². The highest BCUT2D eigenvalue weighted by molar-refractivity contribution is 5.67. The summed E-state index contributed by atoms with van der Waals surface area (Å²) in [4.78, 5) is 4.51. The lowest BCUT2D eigenvalue weighted by atomic mass is 9.97. The number of nitrogens with zero attached hydrogens (tertiary/aromatic N) is 3. The molecular weight excluding hydrogens is 371 g/mol. The Morgan fingerprint density at radius 1 is 1.21 bits per heavy atom. The molecule has 1 saturated heterocycles. The Bertz CT molecular complexity index is 965. The summed E-state index contributed by atoms with van der Waals surface area (Å²) < 4.78 is 27.2. The Kier molecular flexibility index (Phi) is 5.87. The number of nitrogens with two attached hydrogens (primary N) is 1. The van der Waals surface area contributed by atoms with E-state index >= 15 is 0 Å². The van der Waals surface area contributed by atoms with Gasteiger partial charge in [0.1, 0.15) is 11.6 Å². The summed E-state index contributed by atoms with van der Waals surface area (Å²) in [5.41, 5.74) is 9.08. The summed E-state index contributed by atoms with van der Waals surface area (Å²) in [6.07, 6.45) is 4.45. The lowest BCUT2D eigenvalue weighted by molar-refractivity contribution is 0.0844. The third-order valence-corrected chi connectivity index (χ3v) is 5.19. The van der Waals surface area contributed by atoms with E-state index in [1.54, 1.807) is 16.9 Å². The maximum atomic E-state index is 14.0. The van der Waals surface area contributed by atoms with Gasteiger partial charge < -0.3 is 15.2 Å². The second-order valence-corrected chi connectivity index (χ2v) is 7.25. The van der Waals surface area contributed by atoms with Gasteiger partial charge in [-0.05, 0) is 49.6 Å². The van der Waals surface area contributed by atoms with E-state index in [0.29, 0.717) is 29.8 Å². The fourth-order valence-corrected chi connectivity index (χ4v) is 3.56. The minimum Gasteiger partial charge on any atom is -0.438 e. The Morgan fingerprint density at radius 2 is 2.03 bits per heavy atom. The van der Waals surface area contributed by atoms with Crippen LogP contribution in [0.2, 0.25) is 0 Å². The average Bonchev–Trinajstić information content (AvgIpc) is 3.10. The van der Waals surface area contributed by atoms with Crippen LogP contribution in [-0.4, -0.2) is 34.5 Å². The zero-order chi connectivity index (χ0) is 20.2. The fourth-order valence-electron chi connectivity index (χ4n) is 3.56. The van der Waals surface area contributed by atoms with Crippen LogP contribution in [-0.2, 0) is 18.2 Å². The van der Waals surface area contributed by atoms with Crippen LogP contribution in [0.3, 0.4) is 0 Å². The summed E-state index contributed by atoms with van der Waals surface area (Å²) in [7, 11) is 1.83. The van der Waals surface area contributed by atoms with Gasteiger partial charge in [-0.1, -0.05) is 6.07 Å². The third kappa shape index (κ3) is 4.46. The van der Waals surface area contributed by atoms with Gasteiger partial charge in [0, 0.05) is 50.1 Å². The van der Waals surface area contributed by atoms with Crippen LogP contribution >= 0.6 is 0 Å². The van der Waals surface area contributed by atoms with Crippen molar-refractivity contribution in [3.63, 3.8) is 0 Å². The Morgan fingerprint density at radius 3 is 2.76 bits per heavy atom. The molecule has 1 aromatic carbocycles. The molecule has 1 aliphatic heterocycles. The van der Waals surface area contributed by atoms with Crippen molar-refractivity contribution in [1.29, 1.82) is 0 Å². The molecule has 1 fully saturated rings. The van der Waals surface area contributed by atoms with E-state index < -0.39 is 0 Å². The molecule has 152 valence electrons. The first-order valence-corrected chi connectivity index (χ1v) is 9.88. The molecule has 0 spiro atoms. The highest BCUT2D eigenvalue weighted by atomic mass is 19.1.